The molecule has 0 radical (unpaired) electrons. The maximum absolute atomic E-state index is 5.00. The first kappa shape index (κ1) is 10.8. The Morgan fingerprint density at radius 2 is 2.09 bits per heavy atom. The van der Waals surface area contributed by atoms with Crippen molar-refractivity contribution in [2.24, 2.45) is 0 Å². The third-order valence-electron chi connectivity index (χ3n) is 1.36. The standard InChI is InChI=1S/C7H18N2O2/c1-4-6-7-9(5-2)11-8-10-3/h8H,4-7H2,1-3H3. The number of hydroxylamine groups is 2. The second-order valence-corrected chi connectivity index (χ2v) is 2.25. The van der Waals surface area contributed by atoms with Crippen LogP contribution in [0.4, 0.5) is 0 Å². The van der Waals surface area contributed by atoms with Gasteiger partial charge >= 0.3 is 0 Å². The second kappa shape index (κ2) is 7.94. The molecular weight excluding hydrogens is 144 g/mol. The summed E-state index contributed by atoms with van der Waals surface area (Å²) >= 11 is 0. The largest absolute Gasteiger partial charge is 0.279 e. The van der Waals surface area contributed by atoms with Crippen molar-refractivity contribution in [3.63, 3.8) is 0 Å². The number of nitrogens with one attached hydrogen (secondary N) is 1. The third kappa shape index (κ3) is 6.25. The molecule has 0 unspecified atom stereocenters. The van der Waals surface area contributed by atoms with E-state index in [-0.39, 0.29) is 0 Å². The molecule has 0 amide bonds. The molecule has 68 valence electrons. The van der Waals surface area contributed by atoms with Crippen LogP contribution in [0.25, 0.3) is 0 Å². The first-order valence-corrected chi connectivity index (χ1v) is 4.05. The van der Waals surface area contributed by atoms with Gasteiger partial charge in [0.25, 0.3) is 0 Å². The Bertz CT molecular complexity index is 72.8. The third-order valence-corrected chi connectivity index (χ3v) is 1.36. The smallest absolute Gasteiger partial charge is 0.0599 e. The molecule has 0 fully saturated rings. The molecule has 0 aromatic heterocycles. The Morgan fingerprint density at radius 1 is 1.36 bits per heavy atom. The van der Waals surface area contributed by atoms with Gasteiger partial charge in [0.05, 0.1) is 7.11 Å². The van der Waals surface area contributed by atoms with E-state index in [2.05, 4.69) is 17.4 Å². The molecule has 0 aromatic rings. The van der Waals surface area contributed by atoms with Crippen molar-refractivity contribution in [2.75, 3.05) is 20.2 Å². The first-order valence-electron chi connectivity index (χ1n) is 4.05. The van der Waals surface area contributed by atoms with Crippen LogP contribution in [0.5, 0.6) is 0 Å². The van der Waals surface area contributed by atoms with E-state index < -0.39 is 0 Å². The Labute approximate surface area is 68.3 Å². The Balaban J connectivity index is 3.25. The fraction of sp³-hybridized carbons (Fsp3) is 1.00. The minimum atomic E-state index is 0.858. The quantitative estimate of drug-likeness (QED) is 0.568. The van der Waals surface area contributed by atoms with E-state index in [1.165, 1.54) is 13.5 Å². The molecule has 0 bridgehead atoms. The van der Waals surface area contributed by atoms with Gasteiger partial charge in [0, 0.05) is 13.1 Å². The van der Waals surface area contributed by atoms with Crippen LogP contribution in [0, 0.1) is 0 Å². The molecule has 0 aliphatic rings. The summed E-state index contributed by atoms with van der Waals surface area (Å²) in [6.07, 6.45) is 2.31. The summed E-state index contributed by atoms with van der Waals surface area (Å²) in [5, 5.41) is 1.81. The van der Waals surface area contributed by atoms with E-state index in [1.54, 1.807) is 0 Å². The fourth-order valence-corrected chi connectivity index (χ4v) is 0.693. The maximum Gasteiger partial charge on any atom is 0.0599 e. The van der Waals surface area contributed by atoms with Crippen LogP contribution >= 0.6 is 0 Å². The van der Waals surface area contributed by atoms with Gasteiger partial charge in [-0.05, 0) is 6.42 Å². The van der Waals surface area contributed by atoms with Gasteiger partial charge < -0.3 is 0 Å². The molecule has 4 nitrogen and oxygen atoms in total. The zero-order valence-corrected chi connectivity index (χ0v) is 7.59. The van der Waals surface area contributed by atoms with Crippen molar-refractivity contribution in [3.05, 3.63) is 0 Å². The van der Waals surface area contributed by atoms with E-state index in [1.807, 2.05) is 12.0 Å². The summed E-state index contributed by atoms with van der Waals surface area (Å²) < 4.78 is 0. The van der Waals surface area contributed by atoms with Crippen LogP contribution in [-0.2, 0) is 9.78 Å². The van der Waals surface area contributed by atoms with Gasteiger partial charge in [-0.15, -0.1) is 0 Å². The molecule has 0 aliphatic heterocycles. The van der Waals surface area contributed by atoms with Crippen molar-refractivity contribution in [2.45, 2.75) is 26.7 Å². The van der Waals surface area contributed by atoms with Crippen molar-refractivity contribution in [3.8, 4) is 0 Å². The summed E-state index contributed by atoms with van der Waals surface area (Å²) in [6.45, 7) is 5.98. The normalized spacial score (nSPS) is 10.9. The first-order chi connectivity index (χ1) is 5.35. The van der Waals surface area contributed by atoms with E-state index in [0.29, 0.717) is 0 Å². The lowest BCUT2D eigenvalue weighted by atomic mass is 10.3. The maximum atomic E-state index is 5.00. The van der Waals surface area contributed by atoms with Gasteiger partial charge in [-0.25, -0.2) is 0 Å². The molecule has 0 rings (SSSR count). The van der Waals surface area contributed by atoms with Gasteiger partial charge in [0.15, 0.2) is 0 Å². The van der Waals surface area contributed by atoms with E-state index >= 15 is 0 Å². The Morgan fingerprint density at radius 3 is 2.55 bits per heavy atom. The molecule has 0 atom stereocenters. The van der Waals surface area contributed by atoms with Crippen LogP contribution in [0.1, 0.15) is 26.7 Å². The van der Waals surface area contributed by atoms with E-state index in [0.717, 1.165) is 19.5 Å². The number of rotatable bonds is 7. The molecule has 1 N–H and O–H groups in total. The fourth-order valence-electron chi connectivity index (χ4n) is 0.693. The predicted molar refractivity (Wildman–Crippen MR) is 43.4 cm³/mol. The zero-order chi connectivity index (χ0) is 8.53. The van der Waals surface area contributed by atoms with Crippen molar-refractivity contribution < 1.29 is 9.78 Å². The molecule has 4 heteroatoms. The van der Waals surface area contributed by atoms with Gasteiger partial charge in [-0.3, -0.25) is 4.84 Å². The van der Waals surface area contributed by atoms with Crippen LogP contribution in [-0.4, -0.2) is 25.3 Å². The highest BCUT2D eigenvalue weighted by molar-refractivity contribution is 4.40. The molecule has 0 heterocycles. The number of nitrogens with zero attached hydrogens (tertiary/aromatic N) is 1. The molecule has 11 heavy (non-hydrogen) atoms. The summed E-state index contributed by atoms with van der Waals surface area (Å²) in [5.74, 6) is 0. The van der Waals surface area contributed by atoms with Gasteiger partial charge in [-0.1, -0.05) is 25.9 Å². The summed E-state index contributed by atoms with van der Waals surface area (Å²) in [7, 11) is 1.52. The van der Waals surface area contributed by atoms with Crippen molar-refractivity contribution in [1.82, 2.24) is 10.7 Å². The molecule has 0 saturated heterocycles. The number of unbranched alkanes of at least 4 members (excludes halogenated alkanes) is 1. The number of hydrogen-bond acceptors (Lipinski definition) is 4. The minimum Gasteiger partial charge on any atom is -0.279 e. The summed E-state index contributed by atoms with van der Waals surface area (Å²) in [6, 6.07) is 0. The lowest BCUT2D eigenvalue weighted by Crippen LogP contribution is -2.31. The average Bonchev–Trinajstić information content (AvgIpc) is 2.05. The highest BCUT2D eigenvalue weighted by Gasteiger charge is 1.99. The van der Waals surface area contributed by atoms with E-state index in [9.17, 15) is 0 Å². The highest BCUT2D eigenvalue weighted by atomic mass is 17.0. The predicted octanol–water partition coefficient (Wildman–Crippen LogP) is 1.11. The molecule has 0 aliphatic carbocycles. The Hall–Kier alpha value is -0.160. The van der Waals surface area contributed by atoms with Crippen molar-refractivity contribution >= 4 is 0 Å². The summed E-state index contributed by atoms with van der Waals surface area (Å²) in [4.78, 5) is 9.54. The molecular formula is C7H18N2O2. The van der Waals surface area contributed by atoms with Gasteiger partial charge in [0.1, 0.15) is 0 Å². The van der Waals surface area contributed by atoms with Crippen molar-refractivity contribution in [1.29, 1.82) is 0 Å². The molecule has 0 saturated carbocycles. The topological polar surface area (TPSA) is 33.7 Å². The van der Waals surface area contributed by atoms with Gasteiger partial charge in [-0.2, -0.15) is 10.0 Å². The monoisotopic (exact) mass is 162 g/mol. The van der Waals surface area contributed by atoms with Crippen LogP contribution in [0.3, 0.4) is 0 Å². The van der Waals surface area contributed by atoms with Crippen LogP contribution in [0.15, 0.2) is 0 Å². The second-order valence-electron chi connectivity index (χ2n) is 2.25. The number of hydrogen-bond donors (Lipinski definition) is 1. The molecule has 0 spiro atoms. The van der Waals surface area contributed by atoms with Gasteiger partial charge in [0.2, 0.25) is 0 Å². The van der Waals surface area contributed by atoms with E-state index in [4.69, 9.17) is 4.94 Å². The summed E-state index contributed by atoms with van der Waals surface area (Å²) in [5.41, 5.74) is 2.33. The van der Waals surface area contributed by atoms with Crippen LogP contribution in [0.2, 0.25) is 0 Å². The van der Waals surface area contributed by atoms with Crippen LogP contribution < -0.4 is 5.64 Å². The Kier molecular flexibility index (Phi) is 7.83. The minimum absolute atomic E-state index is 0.858. The lowest BCUT2D eigenvalue weighted by molar-refractivity contribution is -0.295. The lowest BCUT2D eigenvalue weighted by Gasteiger charge is -2.17. The SMILES string of the molecule is CCCCN(CC)ONOC. The average molecular weight is 162 g/mol. The highest BCUT2D eigenvalue weighted by Crippen LogP contribution is 1.93. The molecule has 0 aromatic carbocycles. The zero-order valence-electron chi connectivity index (χ0n) is 7.59.